The van der Waals surface area contributed by atoms with Crippen molar-refractivity contribution >= 4 is 16.9 Å². The smallest absolute Gasteiger partial charge is 0.375 e. The number of rotatable bonds is 7. The van der Waals surface area contributed by atoms with Crippen LogP contribution in [0.25, 0.3) is 11.0 Å². The molecule has 4 aromatic rings. The van der Waals surface area contributed by atoms with Crippen molar-refractivity contribution in [3.8, 4) is 17.5 Å². The normalized spacial score (nSPS) is 10.8. The molecule has 0 spiro atoms. The van der Waals surface area contributed by atoms with E-state index in [0.29, 0.717) is 10.1 Å². The molecule has 0 radical (unpaired) electrons. The van der Waals surface area contributed by atoms with Gasteiger partial charge in [0, 0.05) is 12.1 Å². The van der Waals surface area contributed by atoms with Crippen LogP contribution >= 0.6 is 0 Å². The summed E-state index contributed by atoms with van der Waals surface area (Å²) in [6.45, 7) is -0.00620. The van der Waals surface area contributed by atoms with Gasteiger partial charge in [0.05, 0.1) is 12.0 Å². The highest BCUT2D eigenvalue weighted by molar-refractivity contribution is 5.98. The van der Waals surface area contributed by atoms with Crippen LogP contribution in [-0.4, -0.2) is 27.7 Å². The van der Waals surface area contributed by atoms with E-state index in [9.17, 15) is 19.8 Å². The van der Waals surface area contributed by atoms with Crippen molar-refractivity contribution in [3.63, 3.8) is 0 Å². The minimum absolute atomic E-state index is 0.101. The third-order valence-electron chi connectivity index (χ3n) is 4.34. The highest BCUT2D eigenvalue weighted by atomic mass is 16.7. The van der Waals surface area contributed by atoms with Crippen molar-refractivity contribution in [3.05, 3.63) is 88.3 Å². The lowest BCUT2D eigenvalue weighted by atomic mass is 10.1. The summed E-state index contributed by atoms with van der Waals surface area (Å²) in [5.74, 6) is -2.37. The van der Waals surface area contributed by atoms with Crippen LogP contribution in [0.2, 0.25) is 0 Å². The van der Waals surface area contributed by atoms with E-state index in [4.69, 9.17) is 18.7 Å². The Morgan fingerprint density at radius 2 is 1.61 bits per heavy atom. The van der Waals surface area contributed by atoms with Gasteiger partial charge in [-0.25, -0.2) is 9.59 Å². The number of hydrogen-bond donors (Lipinski definition) is 2. The first kappa shape index (κ1) is 20.0. The third-order valence-corrected chi connectivity index (χ3v) is 4.34. The van der Waals surface area contributed by atoms with Gasteiger partial charge in [-0.3, -0.25) is 0 Å². The van der Waals surface area contributed by atoms with Crippen molar-refractivity contribution < 1.29 is 33.7 Å². The molecule has 9 nitrogen and oxygen atoms in total. The Bertz CT molecular complexity index is 1260. The molecular weight excluding hydrogens is 406 g/mol. The Morgan fingerprint density at radius 1 is 0.935 bits per heavy atom. The Morgan fingerprint density at radius 3 is 2.35 bits per heavy atom. The number of fused-ring (bicyclic) bond motifs is 1. The summed E-state index contributed by atoms with van der Waals surface area (Å²) in [6.07, 6.45) is 0. The van der Waals surface area contributed by atoms with Crippen molar-refractivity contribution in [1.82, 2.24) is 4.73 Å². The van der Waals surface area contributed by atoms with Crippen LogP contribution in [0, 0.1) is 0 Å². The van der Waals surface area contributed by atoms with Gasteiger partial charge in [-0.2, -0.15) is 0 Å². The number of para-hydroxylation sites is 1. The van der Waals surface area contributed by atoms with Crippen molar-refractivity contribution in [2.45, 2.75) is 6.61 Å². The Labute approximate surface area is 175 Å². The van der Waals surface area contributed by atoms with E-state index in [2.05, 4.69) is 0 Å². The molecule has 9 heteroatoms. The fraction of sp³-hybridized carbons (Fsp3) is 0.0909. The standard InChI is InChI=1S/C22H17NO8/c24-17-10-11-18(25)23(17)31-22(27)19-20(15-8-4-5-9-16(15)30-21(19)26)29-13-28-12-14-6-2-1-3-7-14/h1-11,24-25H,12-13H2. The van der Waals surface area contributed by atoms with Gasteiger partial charge in [0.15, 0.2) is 18.1 Å². The topological polar surface area (TPSA) is 120 Å². The molecule has 2 aromatic heterocycles. The number of nitrogens with zero attached hydrogens (tertiary/aromatic N) is 1. The van der Waals surface area contributed by atoms with Gasteiger partial charge in [0.25, 0.3) is 0 Å². The zero-order valence-corrected chi connectivity index (χ0v) is 16.1. The van der Waals surface area contributed by atoms with E-state index < -0.39 is 28.9 Å². The molecule has 0 fully saturated rings. The van der Waals surface area contributed by atoms with E-state index in [0.717, 1.165) is 17.7 Å². The van der Waals surface area contributed by atoms with Crippen LogP contribution in [-0.2, 0) is 11.3 Å². The van der Waals surface area contributed by atoms with Crippen LogP contribution in [0.1, 0.15) is 15.9 Å². The molecule has 0 aliphatic carbocycles. The molecule has 158 valence electrons. The predicted molar refractivity (Wildman–Crippen MR) is 108 cm³/mol. The Balaban J connectivity index is 1.63. The summed E-state index contributed by atoms with van der Waals surface area (Å²) in [5, 5.41) is 19.7. The molecule has 0 aliphatic heterocycles. The summed E-state index contributed by atoms with van der Waals surface area (Å²) in [5.41, 5.74) is -0.433. The predicted octanol–water partition coefficient (Wildman–Crippen LogP) is 2.83. The van der Waals surface area contributed by atoms with Crippen molar-refractivity contribution in [1.29, 1.82) is 0 Å². The quantitative estimate of drug-likeness (QED) is 0.265. The van der Waals surface area contributed by atoms with E-state index in [1.165, 1.54) is 0 Å². The molecule has 0 amide bonds. The zero-order chi connectivity index (χ0) is 21.8. The number of benzene rings is 2. The molecule has 0 atom stereocenters. The molecule has 0 saturated heterocycles. The van der Waals surface area contributed by atoms with Gasteiger partial charge >= 0.3 is 11.6 Å². The zero-order valence-electron chi connectivity index (χ0n) is 16.1. The average molecular weight is 423 g/mol. The number of aromatic nitrogens is 1. The monoisotopic (exact) mass is 423 g/mol. The number of carbonyl (C=O) groups is 1. The Hall–Kier alpha value is -4.24. The van der Waals surface area contributed by atoms with E-state index in [1.54, 1.807) is 24.3 Å². The van der Waals surface area contributed by atoms with Gasteiger partial charge < -0.3 is 28.9 Å². The lowest BCUT2D eigenvalue weighted by molar-refractivity contribution is 0.00407. The van der Waals surface area contributed by atoms with Crippen LogP contribution in [0.15, 0.2) is 75.9 Å². The van der Waals surface area contributed by atoms with Crippen LogP contribution in [0.3, 0.4) is 0 Å². The van der Waals surface area contributed by atoms with Crippen molar-refractivity contribution in [2.75, 3.05) is 6.79 Å². The Kier molecular flexibility index (Phi) is 5.59. The van der Waals surface area contributed by atoms with Crippen LogP contribution < -0.4 is 15.2 Å². The lowest BCUT2D eigenvalue weighted by Gasteiger charge is -2.13. The molecule has 2 aromatic carbocycles. The third kappa shape index (κ3) is 4.21. The first-order chi connectivity index (χ1) is 15.0. The second-order valence-corrected chi connectivity index (χ2v) is 6.41. The highest BCUT2D eigenvalue weighted by Crippen LogP contribution is 2.28. The summed E-state index contributed by atoms with van der Waals surface area (Å²) in [6, 6.07) is 18.1. The minimum atomic E-state index is -1.20. The molecule has 0 bridgehead atoms. The SMILES string of the molecule is O=C(On1c(O)ccc1O)c1c(OCOCc2ccccc2)c2ccccc2oc1=O. The first-order valence-corrected chi connectivity index (χ1v) is 9.17. The maximum atomic E-state index is 12.7. The minimum Gasteiger partial charge on any atom is -0.492 e. The van der Waals surface area contributed by atoms with E-state index in [1.807, 2.05) is 30.3 Å². The van der Waals surface area contributed by atoms with Crippen molar-refractivity contribution in [2.24, 2.45) is 0 Å². The summed E-state index contributed by atoms with van der Waals surface area (Å²) < 4.78 is 16.8. The molecule has 0 aliphatic rings. The molecular formula is C22H17NO8. The maximum Gasteiger partial charge on any atom is 0.375 e. The lowest BCUT2D eigenvalue weighted by Crippen LogP contribution is -2.26. The average Bonchev–Trinajstić information content (AvgIpc) is 3.09. The van der Waals surface area contributed by atoms with Gasteiger partial charge in [-0.1, -0.05) is 42.5 Å². The fourth-order valence-electron chi connectivity index (χ4n) is 2.91. The number of aromatic hydroxyl groups is 2. The first-order valence-electron chi connectivity index (χ1n) is 9.17. The van der Waals surface area contributed by atoms with Crippen LogP contribution in [0.4, 0.5) is 0 Å². The summed E-state index contributed by atoms with van der Waals surface area (Å²) in [7, 11) is 0. The molecule has 4 rings (SSSR count). The fourth-order valence-corrected chi connectivity index (χ4v) is 2.91. The van der Waals surface area contributed by atoms with E-state index in [-0.39, 0.29) is 24.7 Å². The molecule has 0 unspecified atom stereocenters. The van der Waals surface area contributed by atoms with E-state index >= 15 is 0 Å². The largest absolute Gasteiger partial charge is 0.492 e. The molecule has 31 heavy (non-hydrogen) atoms. The maximum absolute atomic E-state index is 12.7. The number of hydrogen-bond acceptors (Lipinski definition) is 8. The van der Waals surface area contributed by atoms with Crippen LogP contribution in [0.5, 0.6) is 17.5 Å². The number of ether oxygens (including phenoxy) is 2. The van der Waals surface area contributed by atoms with Gasteiger partial charge in [-0.05, 0) is 17.7 Å². The summed E-state index contributed by atoms with van der Waals surface area (Å²) in [4.78, 5) is 30.2. The van der Waals surface area contributed by atoms with Gasteiger partial charge in [0.1, 0.15) is 5.58 Å². The highest BCUT2D eigenvalue weighted by Gasteiger charge is 2.26. The number of carbonyl (C=O) groups excluding carboxylic acids is 1. The van der Waals surface area contributed by atoms with Gasteiger partial charge in [-0.15, -0.1) is 4.73 Å². The second kappa shape index (κ2) is 8.64. The molecule has 0 saturated carbocycles. The summed E-state index contributed by atoms with van der Waals surface area (Å²) >= 11 is 0. The molecule has 2 heterocycles. The molecule has 2 N–H and O–H groups in total. The van der Waals surface area contributed by atoms with Gasteiger partial charge in [0.2, 0.25) is 11.8 Å². The second-order valence-electron chi connectivity index (χ2n) is 6.41.